The Morgan fingerprint density at radius 1 is 0.958 bits per heavy atom. The molecular formula is C18H15N5O. The topological polar surface area (TPSA) is 83.7 Å². The van der Waals surface area contributed by atoms with Gasteiger partial charge in [-0.2, -0.15) is 5.26 Å². The summed E-state index contributed by atoms with van der Waals surface area (Å²) in [7, 11) is 0. The minimum atomic E-state index is 0.285. The Bertz CT molecular complexity index is 828. The SMILES string of the molecule is N#Cc1nccnc1NCc1ccc(OCc2ccccn2)cc1. The van der Waals surface area contributed by atoms with Gasteiger partial charge in [-0.25, -0.2) is 9.97 Å². The predicted molar refractivity (Wildman–Crippen MR) is 89.1 cm³/mol. The normalized spacial score (nSPS) is 9.96. The summed E-state index contributed by atoms with van der Waals surface area (Å²) < 4.78 is 5.70. The molecule has 3 aromatic rings. The summed E-state index contributed by atoms with van der Waals surface area (Å²) in [6.07, 6.45) is 4.80. The van der Waals surface area contributed by atoms with Crippen molar-refractivity contribution < 1.29 is 4.74 Å². The maximum atomic E-state index is 8.99. The molecule has 6 heteroatoms. The molecule has 0 aliphatic carbocycles. The number of nitrogens with zero attached hydrogens (tertiary/aromatic N) is 4. The van der Waals surface area contributed by atoms with E-state index >= 15 is 0 Å². The number of aromatic nitrogens is 3. The molecule has 0 amide bonds. The number of benzene rings is 1. The molecule has 0 spiro atoms. The van der Waals surface area contributed by atoms with E-state index in [0.717, 1.165) is 17.0 Å². The number of nitrogens with one attached hydrogen (secondary N) is 1. The molecule has 3 rings (SSSR count). The summed E-state index contributed by atoms with van der Waals surface area (Å²) in [5, 5.41) is 12.1. The van der Waals surface area contributed by atoms with Crippen LogP contribution in [0.4, 0.5) is 5.82 Å². The number of rotatable bonds is 6. The highest BCUT2D eigenvalue weighted by Gasteiger charge is 2.03. The van der Waals surface area contributed by atoms with Crippen molar-refractivity contribution in [2.24, 2.45) is 0 Å². The maximum Gasteiger partial charge on any atom is 0.182 e. The van der Waals surface area contributed by atoms with Crippen molar-refractivity contribution in [2.75, 3.05) is 5.32 Å². The molecule has 118 valence electrons. The predicted octanol–water partition coefficient (Wildman–Crippen LogP) is 2.93. The molecule has 0 aliphatic heterocycles. The zero-order valence-electron chi connectivity index (χ0n) is 12.9. The van der Waals surface area contributed by atoms with Crippen LogP contribution in [0.3, 0.4) is 0 Å². The van der Waals surface area contributed by atoms with E-state index in [9.17, 15) is 0 Å². The van der Waals surface area contributed by atoms with Crippen molar-refractivity contribution in [3.05, 3.63) is 78.0 Å². The Morgan fingerprint density at radius 3 is 2.54 bits per heavy atom. The van der Waals surface area contributed by atoms with E-state index in [1.165, 1.54) is 6.20 Å². The second-order valence-corrected chi connectivity index (χ2v) is 4.97. The van der Waals surface area contributed by atoms with Crippen LogP contribution >= 0.6 is 0 Å². The van der Waals surface area contributed by atoms with Gasteiger partial charge < -0.3 is 10.1 Å². The van der Waals surface area contributed by atoms with Crippen molar-refractivity contribution in [3.63, 3.8) is 0 Å². The molecule has 0 unspecified atom stereocenters. The van der Waals surface area contributed by atoms with Crippen LogP contribution in [0.25, 0.3) is 0 Å². The average Bonchev–Trinajstić information content (AvgIpc) is 2.66. The summed E-state index contributed by atoms with van der Waals surface area (Å²) in [4.78, 5) is 12.3. The summed E-state index contributed by atoms with van der Waals surface area (Å²) in [6.45, 7) is 0.984. The third-order valence-corrected chi connectivity index (χ3v) is 3.30. The molecule has 0 saturated carbocycles. The van der Waals surface area contributed by atoms with Gasteiger partial charge in [-0.15, -0.1) is 0 Å². The smallest absolute Gasteiger partial charge is 0.182 e. The number of ether oxygens (including phenoxy) is 1. The molecule has 1 aromatic carbocycles. The first-order chi connectivity index (χ1) is 11.8. The Balaban J connectivity index is 1.56. The van der Waals surface area contributed by atoms with E-state index in [1.807, 2.05) is 48.5 Å². The van der Waals surface area contributed by atoms with Crippen molar-refractivity contribution in [3.8, 4) is 11.8 Å². The Kier molecular flexibility index (Phi) is 4.95. The standard InChI is InChI=1S/C18H15N5O/c19-11-17-18(22-10-9-21-17)23-12-14-4-6-16(7-5-14)24-13-15-3-1-2-8-20-15/h1-10H,12-13H2,(H,22,23). The Morgan fingerprint density at radius 2 is 1.79 bits per heavy atom. The maximum absolute atomic E-state index is 8.99. The summed E-state index contributed by atoms with van der Waals surface area (Å²) in [5.41, 5.74) is 2.22. The van der Waals surface area contributed by atoms with Crippen LogP contribution in [-0.2, 0) is 13.2 Å². The first kappa shape index (κ1) is 15.4. The molecule has 0 fully saturated rings. The molecule has 0 saturated heterocycles. The van der Waals surface area contributed by atoms with Crippen LogP contribution < -0.4 is 10.1 Å². The molecular weight excluding hydrogens is 302 g/mol. The fraction of sp³-hybridized carbons (Fsp3) is 0.111. The zero-order valence-corrected chi connectivity index (χ0v) is 12.9. The second-order valence-electron chi connectivity index (χ2n) is 4.97. The summed E-state index contributed by atoms with van der Waals surface area (Å²) in [5.74, 6) is 1.26. The van der Waals surface area contributed by atoms with Crippen LogP contribution in [0.2, 0.25) is 0 Å². The van der Waals surface area contributed by atoms with E-state index in [1.54, 1.807) is 12.4 Å². The fourth-order valence-corrected chi connectivity index (χ4v) is 2.08. The molecule has 0 bridgehead atoms. The minimum Gasteiger partial charge on any atom is -0.487 e. The lowest BCUT2D eigenvalue weighted by molar-refractivity contribution is 0.301. The third kappa shape index (κ3) is 4.05. The lowest BCUT2D eigenvalue weighted by Gasteiger charge is -2.08. The van der Waals surface area contributed by atoms with Crippen LogP contribution in [0.5, 0.6) is 5.75 Å². The number of hydrogen-bond donors (Lipinski definition) is 1. The first-order valence-corrected chi connectivity index (χ1v) is 7.42. The monoisotopic (exact) mass is 317 g/mol. The van der Waals surface area contributed by atoms with E-state index in [2.05, 4.69) is 20.3 Å². The van der Waals surface area contributed by atoms with Gasteiger partial charge in [0.2, 0.25) is 0 Å². The molecule has 6 nitrogen and oxygen atoms in total. The molecule has 0 radical (unpaired) electrons. The van der Waals surface area contributed by atoms with Crippen LogP contribution in [0.15, 0.2) is 61.1 Å². The second kappa shape index (κ2) is 7.70. The molecule has 0 aliphatic rings. The van der Waals surface area contributed by atoms with Crippen LogP contribution in [0.1, 0.15) is 17.0 Å². The van der Waals surface area contributed by atoms with Crippen molar-refractivity contribution in [1.29, 1.82) is 5.26 Å². The van der Waals surface area contributed by atoms with Gasteiger partial charge >= 0.3 is 0 Å². The molecule has 24 heavy (non-hydrogen) atoms. The number of hydrogen-bond acceptors (Lipinski definition) is 6. The summed E-state index contributed by atoms with van der Waals surface area (Å²) >= 11 is 0. The highest BCUT2D eigenvalue weighted by Crippen LogP contribution is 2.15. The van der Waals surface area contributed by atoms with Gasteiger partial charge in [-0.3, -0.25) is 4.98 Å². The van der Waals surface area contributed by atoms with Gasteiger partial charge in [0.25, 0.3) is 0 Å². The molecule has 2 aromatic heterocycles. The highest BCUT2D eigenvalue weighted by molar-refractivity contribution is 5.47. The number of anilines is 1. The average molecular weight is 317 g/mol. The van der Waals surface area contributed by atoms with Gasteiger partial charge in [0, 0.05) is 25.1 Å². The molecule has 2 heterocycles. The van der Waals surface area contributed by atoms with Crippen molar-refractivity contribution >= 4 is 5.82 Å². The highest BCUT2D eigenvalue weighted by atomic mass is 16.5. The van der Waals surface area contributed by atoms with E-state index in [-0.39, 0.29) is 5.69 Å². The number of nitriles is 1. The fourth-order valence-electron chi connectivity index (χ4n) is 2.08. The molecule has 1 N–H and O–H groups in total. The largest absolute Gasteiger partial charge is 0.487 e. The van der Waals surface area contributed by atoms with E-state index in [0.29, 0.717) is 19.0 Å². The first-order valence-electron chi connectivity index (χ1n) is 7.42. The van der Waals surface area contributed by atoms with Crippen LogP contribution in [-0.4, -0.2) is 15.0 Å². The zero-order chi connectivity index (χ0) is 16.6. The lowest BCUT2D eigenvalue weighted by Crippen LogP contribution is -2.04. The van der Waals surface area contributed by atoms with Gasteiger partial charge in [0.05, 0.1) is 5.69 Å². The Labute approximate surface area is 139 Å². The quantitative estimate of drug-likeness (QED) is 0.752. The number of pyridine rings is 1. The van der Waals surface area contributed by atoms with E-state index < -0.39 is 0 Å². The minimum absolute atomic E-state index is 0.285. The van der Waals surface area contributed by atoms with Crippen molar-refractivity contribution in [2.45, 2.75) is 13.2 Å². The van der Waals surface area contributed by atoms with E-state index in [4.69, 9.17) is 10.00 Å². The van der Waals surface area contributed by atoms with Gasteiger partial charge in [-0.1, -0.05) is 18.2 Å². The molecule has 0 atom stereocenters. The lowest BCUT2D eigenvalue weighted by atomic mass is 10.2. The van der Waals surface area contributed by atoms with Gasteiger partial charge in [-0.05, 0) is 29.8 Å². The van der Waals surface area contributed by atoms with Gasteiger partial charge in [0.1, 0.15) is 18.4 Å². The van der Waals surface area contributed by atoms with Crippen molar-refractivity contribution in [1.82, 2.24) is 15.0 Å². The van der Waals surface area contributed by atoms with Crippen LogP contribution in [0, 0.1) is 11.3 Å². The summed E-state index contributed by atoms with van der Waals surface area (Å²) in [6, 6.07) is 15.5. The van der Waals surface area contributed by atoms with Gasteiger partial charge in [0.15, 0.2) is 11.5 Å². The Hall–Kier alpha value is -3.46. The third-order valence-electron chi connectivity index (χ3n) is 3.30.